The Morgan fingerprint density at radius 2 is 2.47 bits per heavy atom. The van der Waals surface area contributed by atoms with E-state index in [0.29, 0.717) is 13.4 Å². The molecule has 0 aliphatic carbocycles. The second kappa shape index (κ2) is 6.57. The third-order valence-electron chi connectivity index (χ3n) is 2.98. The molecular formula is C13H20N2O2. The number of anilines is 1. The maximum absolute atomic E-state index is 5.69. The first-order valence-electron chi connectivity index (χ1n) is 6.24. The lowest BCUT2D eigenvalue weighted by molar-refractivity contribution is -0.0884. The molecular weight excluding hydrogens is 216 g/mol. The predicted octanol–water partition coefficient (Wildman–Crippen LogP) is 2.06. The van der Waals surface area contributed by atoms with E-state index in [1.807, 2.05) is 19.2 Å². The summed E-state index contributed by atoms with van der Waals surface area (Å²) in [6.45, 7) is 5.10. The van der Waals surface area contributed by atoms with Crippen molar-refractivity contribution >= 4 is 5.69 Å². The molecule has 2 rings (SSSR count). The molecule has 2 heterocycles. The van der Waals surface area contributed by atoms with Crippen LogP contribution in [0.25, 0.3) is 0 Å². The summed E-state index contributed by atoms with van der Waals surface area (Å²) in [5.41, 5.74) is 1.18. The molecule has 1 aromatic rings. The highest BCUT2D eigenvalue weighted by Gasteiger charge is 2.20. The molecule has 1 unspecified atom stereocenters. The number of nitrogens with zero attached hydrogens (tertiary/aromatic N) is 2. The van der Waals surface area contributed by atoms with Gasteiger partial charge in [-0.1, -0.05) is 0 Å². The summed E-state index contributed by atoms with van der Waals surface area (Å²) in [5.74, 6) is 0. The second-order valence-corrected chi connectivity index (χ2v) is 4.20. The van der Waals surface area contributed by atoms with Crippen LogP contribution in [0.1, 0.15) is 19.8 Å². The van der Waals surface area contributed by atoms with Gasteiger partial charge in [0.1, 0.15) is 6.79 Å². The van der Waals surface area contributed by atoms with E-state index in [9.17, 15) is 0 Å². The Kier molecular flexibility index (Phi) is 4.76. The van der Waals surface area contributed by atoms with Crippen LogP contribution in [-0.2, 0) is 9.47 Å². The highest BCUT2D eigenvalue weighted by atomic mass is 16.7. The van der Waals surface area contributed by atoms with Gasteiger partial charge >= 0.3 is 0 Å². The Morgan fingerprint density at radius 3 is 3.24 bits per heavy atom. The van der Waals surface area contributed by atoms with Crippen LogP contribution in [0.2, 0.25) is 0 Å². The van der Waals surface area contributed by atoms with Gasteiger partial charge < -0.3 is 14.4 Å². The molecule has 4 heteroatoms. The number of pyridine rings is 1. The van der Waals surface area contributed by atoms with Crippen molar-refractivity contribution < 1.29 is 9.47 Å². The summed E-state index contributed by atoms with van der Waals surface area (Å²) in [6, 6.07) is 4.07. The first kappa shape index (κ1) is 12.3. The van der Waals surface area contributed by atoms with Gasteiger partial charge in [-0.2, -0.15) is 0 Å². The summed E-state index contributed by atoms with van der Waals surface area (Å²) in [5, 5.41) is 0. The maximum atomic E-state index is 5.69. The normalized spacial score (nSPS) is 20.5. The van der Waals surface area contributed by atoms with E-state index in [4.69, 9.17) is 9.47 Å². The van der Waals surface area contributed by atoms with Crippen molar-refractivity contribution in [2.75, 3.05) is 31.4 Å². The van der Waals surface area contributed by atoms with Gasteiger partial charge in [-0.25, -0.2) is 0 Å². The Balaban J connectivity index is 1.84. The smallest absolute Gasteiger partial charge is 0.147 e. The van der Waals surface area contributed by atoms with Crippen LogP contribution < -0.4 is 4.90 Å². The Bertz CT molecular complexity index is 318. The molecule has 0 spiro atoms. The largest absolute Gasteiger partial charge is 0.368 e. The highest BCUT2D eigenvalue weighted by Crippen LogP contribution is 2.20. The van der Waals surface area contributed by atoms with Crippen molar-refractivity contribution in [1.29, 1.82) is 0 Å². The topological polar surface area (TPSA) is 34.6 Å². The zero-order chi connectivity index (χ0) is 11.9. The fourth-order valence-corrected chi connectivity index (χ4v) is 2.08. The van der Waals surface area contributed by atoms with E-state index in [1.165, 1.54) is 5.69 Å². The first-order chi connectivity index (χ1) is 8.40. The summed E-state index contributed by atoms with van der Waals surface area (Å²) in [6.07, 6.45) is 6.26. The van der Waals surface area contributed by atoms with Gasteiger partial charge in [0, 0.05) is 25.9 Å². The highest BCUT2D eigenvalue weighted by molar-refractivity contribution is 5.44. The van der Waals surface area contributed by atoms with Gasteiger partial charge in [0.25, 0.3) is 0 Å². The van der Waals surface area contributed by atoms with Crippen molar-refractivity contribution in [3.8, 4) is 0 Å². The van der Waals surface area contributed by atoms with Gasteiger partial charge in [-0.15, -0.1) is 0 Å². The van der Waals surface area contributed by atoms with Gasteiger partial charge in [-0.05, 0) is 31.9 Å². The molecule has 0 saturated carbocycles. The lowest BCUT2D eigenvalue weighted by Crippen LogP contribution is -2.40. The monoisotopic (exact) mass is 236 g/mol. The van der Waals surface area contributed by atoms with Crippen molar-refractivity contribution in [2.24, 2.45) is 0 Å². The van der Waals surface area contributed by atoms with E-state index >= 15 is 0 Å². The molecule has 1 fully saturated rings. The Labute approximate surface area is 103 Å². The van der Waals surface area contributed by atoms with Crippen LogP contribution in [0.5, 0.6) is 0 Å². The SMILES string of the molecule is CCOCOC1CCCN(c2cccnc2)C1. The van der Waals surface area contributed by atoms with E-state index in [2.05, 4.69) is 16.0 Å². The lowest BCUT2D eigenvalue weighted by atomic mass is 10.1. The summed E-state index contributed by atoms with van der Waals surface area (Å²) >= 11 is 0. The number of hydrogen-bond donors (Lipinski definition) is 0. The fraction of sp³-hybridized carbons (Fsp3) is 0.615. The molecule has 1 aromatic heterocycles. The van der Waals surface area contributed by atoms with E-state index in [0.717, 1.165) is 25.9 Å². The maximum Gasteiger partial charge on any atom is 0.147 e. The Hall–Kier alpha value is -1.13. The molecule has 1 saturated heterocycles. The summed E-state index contributed by atoms with van der Waals surface area (Å²) < 4.78 is 10.9. The van der Waals surface area contributed by atoms with Crippen molar-refractivity contribution in [1.82, 2.24) is 4.98 Å². The third kappa shape index (κ3) is 3.68. The number of hydrogen-bond acceptors (Lipinski definition) is 4. The minimum absolute atomic E-state index is 0.274. The second-order valence-electron chi connectivity index (χ2n) is 4.20. The first-order valence-corrected chi connectivity index (χ1v) is 6.24. The molecule has 0 aromatic carbocycles. The standard InChI is InChI=1S/C13H20N2O2/c1-2-16-11-17-13-6-4-8-15(10-13)12-5-3-7-14-9-12/h3,5,7,9,13H,2,4,6,8,10-11H2,1H3. The molecule has 0 amide bonds. The quantitative estimate of drug-likeness (QED) is 0.579. The van der Waals surface area contributed by atoms with Gasteiger partial charge in [0.05, 0.1) is 18.0 Å². The molecule has 4 nitrogen and oxygen atoms in total. The van der Waals surface area contributed by atoms with E-state index in [1.54, 1.807) is 6.20 Å². The number of aromatic nitrogens is 1. The minimum atomic E-state index is 0.274. The molecule has 94 valence electrons. The number of rotatable bonds is 5. The lowest BCUT2D eigenvalue weighted by Gasteiger charge is -2.33. The van der Waals surface area contributed by atoms with Crippen LogP contribution in [0.4, 0.5) is 5.69 Å². The zero-order valence-corrected chi connectivity index (χ0v) is 10.3. The van der Waals surface area contributed by atoms with Crippen LogP contribution in [-0.4, -0.2) is 37.6 Å². The summed E-state index contributed by atoms with van der Waals surface area (Å²) in [4.78, 5) is 6.48. The Morgan fingerprint density at radius 1 is 1.53 bits per heavy atom. The number of piperidine rings is 1. The van der Waals surface area contributed by atoms with Crippen molar-refractivity contribution in [3.05, 3.63) is 24.5 Å². The van der Waals surface area contributed by atoms with Crippen molar-refractivity contribution in [3.63, 3.8) is 0 Å². The number of ether oxygens (including phenoxy) is 2. The minimum Gasteiger partial charge on any atom is -0.368 e. The third-order valence-corrected chi connectivity index (χ3v) is 2.98. The molecule has 1 atom stereocenters. The van der Waals surface area contributed by atoms with Crippen molar-refractivity contribution in [2.45, 2.75) is 25.9 Å². The van der Waals surface area contributed by atoms with E-state index < -0.39 is 0 Å². The van der Waals surface area contributed by atoms with Gasteiger partial charge in [-0.3, -0.25) is 4.98 Å². The zero-order valence-electron chi connectivity index (χ0n) is 10.3. The predicted molar refractivity (Wildman–Crippen MR) is 67.1 cm³/mol. The molecule has 0 radical (unpaired) electrons. The molecule has 0 bridgehead atoms. The van der Waals surface area contributed by atoms with Crippen LogP contribution in [0, 0.1) is 0 Å². The molecule has 0 N–H and O–H groups in total. The summed E-state index contributed by atoms with van der Waals surface area (Å²) in [7, 11) is 0. The average Bonchev–Trinajstić information content (AvgIpc) is 2.41. The average molecular weight is 236 g/mol. The van der Waals surface area contributed by atoms with Crippen LogP contribution >= 0.6 is 0 Å². The molecule has 1 aliphatic rings. The van der Waals surface area contributed by atoms with Gasteiger partial charge in [0.15, 0.2) is 0 Å². The van der Waals surface area contributed by atoms with Crippen LogP contribution in [0.15, 0.2) is 24.5 Å². The van der Waals surface area contributed by atoms with Crippen LogP contribution in [0.3, 0.4) is 0 Å². The van der Waals surface area contributed by atoms with E-state index in [-0.39, 0.29) is 6.10 Å². The molecule has 1 aliphatic heterocycles. The fourth-order valence-electron chi connectivity index (χ4n) is 2.08. The molecule has 17 heavy (non-hydrogen) atoms. The van der Waals surface area contributed by atoms with Gasteiger partial charge in [0.2, 0.25) is 0 Å².